The number of fused-ring (bicyclic) bond motifs is 2. The average Bonchev–Trinajstić information content (AvgIpc) is 3.71. The zero-order valence-electron chi connectivity index (χ0n) is 26.0. The first kappa shape index (κ1) is 31.7. The van der Waals surface area contributed by atoms with Gasteiger partial charge in [0.2, 0.25) is 6.79 Å². The molecule has 0 radical (unpaired) electrons. The third-order valence-electron chi connectivity index (χ3n) is 7.86. The monoisotopic (exact) mass is 772 g/mol. The number of halogens is 1. The standard InChI is InChI=1S/C37H29IN2O7S/c1-3-44-36(42)31-32(24-12-8-5-9-13-24)39-37-40(33(31)25-14-15-27-28(19-25)47-21-46-27)35(41)30(48-37)18-23-16-26(38)34(29(17-23)43-2)45-20-22-10-6-4-7-11-22/h4-19,33H,3,20-21H2,1-2H3/b30-18-. The number of ether oxygens (including phenoxy) is 5. The van der Waals surface area contributed by atoms with E-state index in [1.165, 1.54) is 11.3 Å². The molecule has 11 heteroatoms. The summed E-state index contributed by atoms with van der Waals surface area (Å²) in [5, 5.41) is 0. The second kappa shape index (κ2) is 13.7. The van der Waals surface area contributed by atoms with Crippen LogP contribution < -0.4 is 33.8 Å². The van der Waals surface area contributed by atoms with E-state index < -0.39 is 12.0 Å². The van der Waals surface area contributed by atoms with Crippen LogP contribution in [0.5, 0.6) is 23.0 Å². The fourth-order valence-corrected chi connectivity index (χ4v) is 7.47. The number of carbonyl (C=O) groups excluding carboxylic acids is 1. The van der Waals surface area contributed by atoms with Crippen molar-refractivity contribution in [2.24, 2.45) is 4.99 Å². The van der Waals surface area contributed by atoms with Crippen molar-refractivity contribution in [3.63, 3.8) is 0 Å². The van der Waals surface area contributed by atoms with E-state index in [1.807, 2.05) is 84.9 Å². The van der Waals surface area contributed by atoms with E-state index in [1.54, 1.807) is 30.7 Å². The van der Waals surface area contributed by atoms with Crippen LogP contribution in [0.2, 0.25) is 0 Å². The topological polar surface area (TPSA) is 97.6 Å². The minimum Gasteiger partial charge on any atom is -0.493 e. The molecule has 7 rings (SSSR count). The van der Waals surface area contributed by atoms with Crippen molar-refractivity contribution in [1.29, 1.82) is 0 Å². The normalized spacial score (nSPS) is 15.1. The first-order chi connectivity index (χ1) is 23.4. The number of thiazole rings is 1. The summed E-state index contributed by atoms with van der Waals surface area (Å²) in [5.41, 5.74) is 3.59. The van der Waals surface area contributed by atoms with E-state index >= 15 is 0 Å². The molecule has 0 spiro atoms. The number of rotatable bonds is 9. The van der Waals surface area contributed by atoms with Crippen LogP contribution in [0.3, 0.4) is 0 Å². The Morgan fingerprint density at radius 2 is 1.77 bits per heavy atom. The van der Waals surface area contributed by atoms with Crippen molar-refractivity contribution in [3.05, 3.63) is 142 Å². The molecule has 48 heavy (non-hydrogen) atoms. The number of nitrogens with zero attached hydrogens (tertiary/aromatic N) is 2. The highest BCUT2D eigenvalue weighted by molar-refractivity contribution is 14.1. The zero-order chi connectivity index (χ0) is 33.2. The summed E-state index contributed by atoms with van der Waals surface area (Å²) < 4.78 is 31.5. The van der Waals surface area contributed by atoms with E-state index in [-0.39, 0.29) is 24.5 Å². The highest BCUT2D eigenvalue weighted by atomic mass is 127. The van der Waals surface area contributed by atoms with Gasteiger partial charge in [-0.05, 0) is 76.5 Å². The molecule has 0 saturated carbocycles. The summed E-state index contributed by atoms with van der Waals surface area (Å²) in [6, 6.07) is 27.7. The summed E-state index contributed by atoms with van der Waals surface area (Å²) in [6.45, 7) is 2.39. The Morgan fingerprint density at radius 3 is 2.52 bits per heavy atom. The molecule has 0 aliphatic carbocycles. The molecule has 2 aliphatic heterocycles. The van der Waals surface area contributed by atoms with E-state index in [0.29, 0.717) is 50.2 Å². The van der Waals surface area contributed by atoms with Gasteiger partial charge in [0.15, 0.2) is 27.8 Å². The molecule has 5 aromatic rings. The van der Waals surface area contributed by atoms with Crippen LogP contribution in [-0.4, -0.2) is 31.0 Å². The van der Waals surface area contributed by atoms with Gasteiger partial charge in [0, 0.05) is 5.56 Å². The average molecular weight is 773 g/mol. The van der Waals surface area contributed by atoms with Gasteiger partial charge in [-0.15, -0.1) is 0 Å². The Hall–Kier alpha value is -4.88. The van der Waals surface area contributed by atoms with Gasteiger partial charge in [0.25, 0.3) is 5.56 Å². The smallest absolute Gasteiger partial charge is 0.338 e. The predicted octanol–water partition coefficient (Wildman–Crippen LogP) is 5.86. The summed E-state index contributed by atoms with van der Waals surface area (Å²) in [6.07, 6.45) is 1.81. The van der Waals surface area contributed by atoms with Crippen molar-refractivity contribution in [2.75, 3.05) is 20.5 Å². The number of aromatic nitrogens is 1. The highest BCUT2D eigenvalue weighted by Crippen LogP contribution is 2.40. The number of esters is 1. The Kier molecular flexibility index (Phi) is 9.04. The molecule has 2 aliphatic rings. The van der Waals surface area contributed by atoms with Gasteiger partial charge in [-0.2, -0.15) is 0 Å². The molecule has 0 bridgehead atoms. The minimum atomic E-state index is -0.837. The second-order valence-corrected chi connectivity index (χ2v) is 13.0. The molecule has 0 N–H and O–H groups in total. The maximum Gasteiger partial charge on any atom is 0.338 e. The molecule has 1 aromatic heterocycles. The Balaban J connectivity index is 1.38. The van der Waals surface area contributed by atoms with Gasteiger partial charge in [-0.25, -0.2) is 9.79 Å². The molecule has 3 heterocycles. The van der Waals surface area contributed by atoms with Gasteiger partial charge >= 0.3 is 5.97 Å². The van der Waals surface area contributed by atoms with E-state index in [0.717, 1.165) is 20.3 Å². The summed E-state index contributed by atoms with van der Waals surface area (Å²) >= 11 is 3.46. The minimum absolute atomic E-state index is 0.0930. The lowest BCUT2D eigenvalue weighted by atomic mass is 9.93. The Labute approximate surface area is 293 Å². The Bertz CT molecular complexity index is 2230. The van der Waals surface area contributed by atoms with Gasteiger partial charge in [-0.1, -0.05) is 78.1 Å². The number of hydrogen-bond acceptors (Lipinski definition) is 9. The fraction of sp³-hybridized carbons (Fsp3) is 0.162. The molecule has 9 nitrogen and oxygen atoms in total. The quantitative estimate of drug-likeness (QED) is 0.137. The highest BCUT2D eigenvalue weighted by Gasteiger charge is 2.36. The Morgan fingerprint density at radius 1 is 1.02 bits per heavy atom. The maximum atomic E-state index is 14.4. The largest absolute Gasteiger partial charge is 0.493 e. The van der Waals surface area contributed by atoms with Gasteiger partial charge in [0.1, 0.15) is 6.61 Å². The maximum absolute atomic E-state index is 14.4. The van der Waals surface area contributed by atoms with Crippen LogP contribution in [-0.2, 0) is 16.1 Å². The number of carbonyl (C=O) groups is 1. The summed E-state index contributed by atoms with van der Waals surface area (Å²) in [4.78, 5) is 33.5. The molecule has 242 valence electrons. The molecule has 4 aromatic carbocycles. The lowest BCUT2D eigenvalue weighted by Crippen LogP contribution is -2.40. The molecule has 1 unspecified atom stereocenters. The molecular formula is C37H29IN2O7S. The third kappa shape index (κ3) is 6.11. The third-order valence-corrected chi connectivity index (χ3v) is 9.65. The second-order valence-electron chi connectivity index (χ2n) is 10.9. The molecule has 0 amide bonds. The first-order valence-electron chi connectivity index (χ1n) is 15.2. The van der Waals surface area contributed by atoms with Gasteiger partial charge in [0.05, 0.1) is 39.1 Å². The van der Waals surface area contributed by atoms with Crippen LogP contribution in [0.1, 0.15) is 35.2 Å². The van der Waals surface area contributed by atoms with Crippen LogP contribution in [0.25, 0.3) is 11.8 Å². The van der Waals surface area contributed by atoms with Crippen LogP contribution >= 0.6 is 33.9 Å². The number of methoxy groups -OCH3 is 1. The van der Waals surface area contributed by atoms with Crippen molar-refractivity contribution in [2.45, 2.75) is 19.6 Å². The number of benzene rings is 4. The zero-order valence-corrected chi connectivity index (χ0v) is 28.9. The molecule has 0 fully saturated rings. The van der Waals surface area contributed by atoms with E-state index in [9.17, 15) is 9.59 Å². The molecule has 0 saturated heterocycles. The van der Waals surface area contributed by atoms with E-state index in [4.69, 9.17) is 28.7 Å². The summed E-state index contributed by atoms with van der Waals surface area (Å²) in [7, 11) is 1.59. The number of hydrogen-bond donors (Lipinski definition) is 0. The molecular weight excluding hydrogens is 743 g/mol. The van der Waals surface area contributed by atoms with Crippen LogP contribution in [0.15, 0.2) is 106 Å². The predicted molar refractivity (Wildman–Crippen MR) is 190 cm³/mol. The van der Waals surface area contributed by atoms with Crippen molar-refractivity contribution < 1.29 is 28.5 Å². The summed E-state index contributed by atoms with van der Waals surface area (Å²) in [5.74, 6) is 1.74. The van der Waals surface area contributed by atoms with Gasteiger partial charge < -0.3 is 23.7 Å². The fourth-order valence-electron chi connectivity index (χ4n) is 5.68. The van der Waals surface area contributed by atoms with E-state index in [2.05, 4.69) is 22.6 Å². The molecule has 1 atom stereocenters. The SMILES string of the molecule is CCOC(=O)C1=C(c2ccccc2)N=c2s/c(=C\c3cc(I)c(OCc4ccccc4)c(OC)c3)c(=O)n2C1c1ccc2c(c1)OCO2. The van der Waals surface area contributed by atoms with Crippen molar-refractivity contribution in [3.8, 4) is 23.0 Å². The van der Waals surface area contributed by atoms with Gasteiger partial charge in [-0.3, -0.25) is 9.36 Å². The van der Waals surface area contributed by atoms with Crippen molar-refractivity contribution in [1.82, 2.24) is 4.57 Å². The van der Waals surface area contributed by atoms with Crippen molar-refractivity contribution >= 4 is 51.7 Å². The lowest BCUT2D eigenvalue weighted by Gasteiger charge is -2.26. The lowest BCUT2D eigenvalue weighted by molar-refractivity contribution is -0.138. The first-order valence-corrected chi connectivity index (χ1v) is 17.1. The van der Waals surface area contributed by atoms with Crippen LogP contribution in [0.4, 0.5) is 0 Å². The van der Waals surface area contributed by atoms with Crippen LogP contribution in [0, 0.1) is 3.57 Å².